The first kappa shape index (κ1) is 18.3. The predicted octanol–water partition coefficient (Wildman–Crippen LogP) is 3.53. The van der Waals surface area contributed by atoms with E-state index >= 15 is 0 Å². The van der Waals surface area contributed by atoms with Crippen molar-refractivity contribution < 1.29 is 13.9 Å². The number of nitrogens with one attached hydrogen (secondary N) is 2. The molecule has 138 valence electrons. The number of benzene rings is 2. The van der Waals surface area contributed by atoms with Gasteiger partial charge in [0.05, 0.1) is 12.8 Å². The number of anilines is 2. The normalized spacial score (nSPS) is 10.3. The molecule has 3 aromatic rings. The van der Waals surface area contributed by atoms with E-state index in [2.05, 4.69) is 20.6 Å². The Labute approximate surface area is 156 Å². The van der Waals surface area contributed by atoms with Crippen LogP contribution in [0.15, 0.2) is 60.9 Å². The van der Waals surface area contributed by atoms with E-state index in [-0.39, 0.29) is 17.4 Å². The van der Waals surface area contributed by atoms with Gasteiger partial charge in [0, 0.05) is 12.6 Å². The predicted molar refractivity (Wildman–Crippen MR) is 102 cm³/mol. The number of nitrogens with zero attached hydrogens (tertiary/aromatic N) is 2. The third-order valence-electron chi connectivity index (χ3n) is 3.91. The Bertz CT molecular complexity index is 933. The van der Waals surface area contributed by atoms with Crippen LogP contribution in [-0.4, -0.2) is 29.5 Å². The van der Waals surface area contributed by atoms with E-state index < -0.39 is 0 Å². The lowest BCUT2D eigenvalue weighted by molar-refractivity contribution is 0.102. The van der Waals surface area contributed by atoms with Gasteiger partial charge in [-0.25, -0.2) is 14.4 Å². The summed E-state index contributed by atoms with van der Waals surface area (Å²) in [7, 11) is 1.53. The summed E-state index contributed by atoms with van der Waals surface area (Å²) in [4.78, 5) is 20.5. The summed E-state index contributed by atoms with van der Waals surface area (Å²) in [6.45, 7) is 0.478. The van der Waals surface area contributed by atoms with E-state index in [9.17, 15) is 9.18 Å². The number of para-hydroxylation sites is 2. The molecular formula is C20H19FN4O2. The molecule has 0 aliphatic rings. The molecular weight excluding hydrogens is 347 g/mol. The van der Waals surface area contributed by atoms with Gasteiger partial charge >= 0.3 is 0 Å². The number of ether oxygens (including phenoxy) is 1. The summed E-state index contributed by atoms with van der Waals surface area (Å²) in [5.74, 6) is 0.438. The highest BCUT2D eigenvalue weighted by Gasteiger charge is 2.12. The van der Waals surface area contributed by atoms with E-state index in [1.165, 1.54) is 19.5 Å². The molecule has 0 aliphatic carbocycles. The summed E-state index contributed by atoms with van der Waals surface area (Å²) in [6, 6.07) is 15.3. The Morgan fingerprint density at radius 3 is 2.70 bits per heavy atom. The van der Waals surface area contributed by atoms with Crippen LogP contribution in [0.3, 0.4) is 0 Å². The molecule has 0 radical (unpaired) electrons. The Hall–Kier alpha value is -3.48. The van der Waals surface area contributed by atoms with Crippen LogP contribution in [0.1, 0.15) is 16.1 Å². The lowest BCUT2D eigenvalue weighted by atomic mass is 10.1. The van der Waals surface area contributed by atoms with Crippen molar-refractivity contribution in [1.29, 1.82) is 0 Å². The lowest BCUT2D eigenvalue weighted by Gasteiger charge is -2.10. The molecule has 2 N–H and O–H groups in total. The van der Waals surface area contributed by atoms with Crippen molar-refractivity contribution in [3.05, 3.63) is 78.0 Å². The largest absolute Gasteiger partial charge is 0.495 e. The molecule has 0 unspecified atom stereocenters. The maximum absolute atomic E-state index is 13.6. The second kappa shape index (κ2) is 8.75. The number of carbonyl (C=O) groups excluding carboxylic acids is 1. The van der Waals surface area contributed by atoms with Crippen molar-refractivity contribution in [2.75, 3.05) is 24.3 Å². The zero-order valence-corrected chi connectivity index (χ0v) is 14.8. The fourth-order valence-corrected chi connectivity index (χ4v) is 2.54. The zero-order valence-electron chi connectivity index (χ0n) is 14.8. The highest BCUT2D eigenvalue weighted by atomic mass is 19.1. The fourth-order valence-electron chi connectivity index (χ4n) is 2.54. The van der Waals surface area contributed by atoms with E-state index in [1.807, 2.05) is 6.07 Å². The second-order valence-corrected chi connectivity index (χ2v) is 5.71. The first-order valence-corrected chi connectivity index (χ1v) is 8.41. The molecule has 2 aromatic carbocycles. The minimum atomic E-state index is -0.376. The Balaban J connectivity index is 1.63. The van der Waals surface area contributed by atoms with Gasteiger partial charge in [-0.15, -0.1) is 0 Å². The van der Waals surface area contributed by atoms with Gasteiger partial charge in [-0.1, -0.05) is 30.3 Å². The van der Waals surface area contributed by atoms with Gasteiger partial charge < -0.3 is 15.4 Å². The van der Waals surface area contributed by atoms with Crippen molar-refractivity contribution in [3.8, 4) is 5.75 Å². The molecule has 0 aliphatic heterocycles. The monoisotopic (exact) mass is 366 g/mol. The van der Waals surface area contributed by atoms with Crippen LogP contribution < -0.4 is 15.4 Å². The molecule has 7 heteroatoms. The zero-order chi connectivity index (χ0) is 19.1. The Morgan fingerprint density at radius 2 is 1.89 bits per heavy atom. The van der Waals surface area contributed by atoms with Gasteiger partial charge in [0.25, 0.3) is 5.91 Å². The maximum atomic E-state index is 13.6. The van der Waals surface area contributed by atoms with Crippen LogP contribution in [0.5, 0.6) is 5.75 Å². The van der Waals surface area contributed by atoms with E-state index in [0.29, 0.717) is 35.8 Å². The van der Waals surface area contributed by atoms with Crippen LogP contribution in [0.4, 0.5) is 15.9 Å². The van der Waals surface area contributed by atoms with E-state index in [4.69, 9.17) is 4.74 Å². The van der Waals surface area contributed by atoms with Crippen LogP contribution in [-0.2, 0) is 6.42 Å². The Morgan fingerprint density at radius 1 is 1.11 bits per heavy atom. The van der Waals surface area contributed by atoms with Crippen LogP contribution >= 0.6 is 0 Å². The van der Waals surface area contributed by atoms with Crippen LogP contribution in [0.25, 0.3) is 0 Å². The Kier molecular flexibility index (Phi) is 5.94. The molecule has 0 saturated carbocycles. The van der Waals surface area contributed by atoms with Gasteiger partial charge in [0.1, 0.15) is 29.4 Å². The average Bonchev–Trinajstić information content (AvgIpc) is 2.70. The molecule has 1 heterocycles. The topological polar surface area (TPSA) is 76.1 Å². The molecule has 0 bridgehead atoms. The van der Waals surface area contributed by atoms with Gasteiger partial charge in [0.15, 0.2) is 0 Å². The van der Waals surface area contributed by atoms with E-state index in [1.54, 1.807) is 42.5 Å². The summed E-state index contributed by atoms with van der Waals surface area (Å²) in [5.41, 5.74) is 1.38. The van der Waals surface area contributed by atoms with Crippen molar-refractivity contribution >= 4 is 17.4 Å². The first-order valence-electron chi connectivity index (χ1n) is 8.41. The fraction of sp³-hybridized carbons (Fsp3) is 0.150. The minimum absolute atomic E-state index is 0.212. The quantitative estimate of drug-likeness (QED) is 0.669. The number of rotatable bonds is 7. The number of hydrogen-bond donors (Lipinski definition) is 2. The maximum Gasteiger partial charge on any atom is 0.274 e. The summed E-state index contributed by atoms with van der Waals surface area (Å²) in [5, 5.41) is 5.84. The molecule has 6 nitrogen and oxygen atoms in total. The first-order chi connectivity index (χ1) is 13.2. The highest BCUT2D eigenvalue weighted by Crippen LogP contribution is 2.23. The molecule has 3 rings (SSSR count). The number of hydrogen-bond acceptors (Lipinski definition) is 5. The molecule has 0 saturated heterocycles. The van der Waals surface area contributed by atoms with Crippen molar-refractivity contribution in [2.45, 2.75) is 6.42 Å². The summed E-state index contributed by atoms with van der Waals surface area (Å²) >= 11 is 0. The molecule has 0 atom stereocenters. The standard InChI is InChI=1S/C20H19FN4O2/c1-27-18-9-5-4-8-16(18)25-20(26)17-12-19(24-13-23-17)22-11-10-14-6-2-3-7-15(14)21/h2-9,12-13H,10-11H2,1H3,(H,25,26)(H,22,23,24). The molecule has 1 amide bonds. The second-order valence-electron chi connectivity index (χ2n) is 5.71. The molecule has 1 aromatic heterocycles. The third kappa shape index (κ3) is 4.78. The van der Waals surface area contributed by atoms with Gasteiger partial charge in [-0.05, 0) is 30.2 Å². The van der Waals surface area contributed by atoms with Gasteiger partial charge in [-0.3, -0.25) is 4.79 Å². The van der Waals surface area contributed by atoms with Crippen molar-refractivity contribution in [2.24, 2.45) is 0 Å². The smallest absolute Gasteiger partial charge is 0.274 e. The highest BCUT2D eigenvalue weighted by molar-refractivity contribution is 6.04. The number of aromatic nitrogens is 2. The summed E-state index contributed by atoms with van der Waals surface area (Å²) in [6.07, 6.45) is 1.81. The van der Waals surface area contributed by atoms with Gasteiger partial charge in [0.2, 0.25) is 0 Å². The average molecular weight is 366 g/mol. The lowest BCUT2D eigenvalue weighted by Crippen LogP contribution is -2.15. The van der Waals surface area contributed by atoms with Crippen LogP contribution in [0, 0.1) is 5.82 Å². The van der Waals surface area contributed by atoms with Gasteiger partial charge in [-0.2, -0.15) is 0 Å². The third-order valence-corrected chi connectivity index (χ3v) is 3.91. The molecule has 0 spiro atoms. The van der Waals surface area contributed by atoms with Crippen molar-refractivity contribution in [3.63, 3.8) is 0 Å². The molecule has 0 fully saturated rings. The van der Waals surface area contributed by atoms with Crippen molar-refractivity contribution in [1.82, 2.24) is 9.97 Å². The number of halogens is 1. The number of carbonyl (C=O) groups is 1. The van der Waals surface area contributed by atoms with Crippen LogP contribution in [0.2, 0.25) is 0 Å². The number of methoxy groups -OCH3 is 1. The summed E-state index contributed by atoms with van der Waals surface area (Å²) < 4.78 is 18.9. The number of amides is 1. The SMILES string of the molecule is COc1ccccc1NC(=O)c1cc(NCCc2ccccc2F)ncn1. The van der Waals surface area contributed by atoms with E-state index in [0.717, 1.165) is 0 Å². The molecule has 27 heavy (non-hydrogen) atoms. The minimum Gasteiger partial charge on any atom is -0.495 e.